The largest absolute Gasteiger partial charge is 0.369 e. The summed E-state index contributed by atoms with van der Waals surface area (Å²) in [6.07, 6.45) is 27.5. The zero-order valence-corrected chi connectivity index (χ0v) is 20.7. The first-order valence-corrected chi connectivity index (χ1v) is 13.0. The number of unbranched alkanes of at least 4 members (excludes halogenated alkanes) is 13. The lowest BCUT2D eigenvalue weighted by atomic mass is 10.0. The molecule has 1 rings (SSSR count). The molecule has 0 heterocycles. The highest BCUT2D eigenvalue weighted by Crippen LogP contribution is 2.15. The fourth-order valence-electron chi connectivity index (χ4n) is 3.75. The molecule has 0 N–H and O–H groups in total. The van der Waals surface area contributed by atoms with Gasteiger partial charge in [0.2, 0.25) is 0 Å². The maximum Gasteiger partial charge on any atom is 0.0983 e. The monoisotopic (exact) mass is 399 g/mol. The minimum atomic E-state index is 0.762. The van der Waals surface area contributed by atoms with Crippen molar-refractivity contribution < 1.29 is 4.74 Å². The molecule has 0 aromatic rings. The number of ether oxygens (including phenoxy) is 1. The standard InChI is InChI=1S/C19H41NO.C5H10.C2H6/c1-4-5-6-7-8-9-10-11-12-13-14-15-16-17-18-20(2)19-21-3;1-2-4-5-3-1;1-2/h4-19H2,1-3H3;1-5H2;1-2H3. The van der Waals surface area contributed by atoms with Gasteiger partial charge in [0.25, 0.3) is 0 Å². The van der Waals surface area contributed by atoms with E-state index < -0.39 is 0 Å². The minimum absolute atomic E-state index is 0.762. The molecule has 0 radical (unpaired) electrons. The van der Waals surface area contributed by atoms with Crippen LogP contribution in [-0.4, -0.2) is 32.3 Å². The predicted molar refractivity (Wildman–Crippen MR) is 129 cm³/mol. The average Bonchev–Trinajstić information content (AvgIpc) is 3.30. The molecule has 0 bridgehead atoms. The number of nitrogens with zero attached hydrogens (tertiary/aromatic N) is 1. The summed E-state index contributed by atoms with van der Waals surface area (Å²) >= 11 is 0. The Labute approximate surface area is 180 Å². The van der Waals surface area contributed by atoms with E-state index in [4.69, 9.17) is 4.74 Å². The molecule has 0 amide bonds. The summed E-state index contributed by atoms with van der Waals surface area (Å²) in [5.74, 6) is 0. The molecule has 1 aliphatic rings. The van der Waals surface area contributed by atoms with Crippen molar-refractivity contribution in [3.05, 3.63) is 0 Å². The molecule has 2 heteroatoms. The SMILES string of the molecule is C1CCCC1.CC.CCCCCCCCCCCCCCCCN(C)COC. The molecule has 0 unspecified atom stereocenters. The molecule has 1 fully saturated rings. The lowest BCUT2D eigenvalue weighted by molar-refractivity contribution is 0.0807. The smallest absolute Gasteiger partial charge is 0.0983 e. The molecule has 0 spiro atoms. The molecule has 1 aliphatic carbocycles. The van der Waals surface area contributed by atoms with Gasteiger partial charge in [-0.2, -0.15) is 0 Å². The quantitative estimate of drug-likeness (QED) is 0.179. The van der Waals surface area contributed by atoms with Crippen LogP contribution in [0, 0.1) is 0 Å². The Bertz CT molecular complexity index is 233. The van der Waals surface area contributed by atoms with Crippen molar-refractivity contribution in [2.75, 3.05) is 27.4 Å². The van der Waals surface area contributed by atoms with Crippen LogP contribution in [0.4, 0.5) is 0 Å². The number of hydrogen-bond acceptors (Lipinski definition) is 2. The van der Waals surface area contributed by atoms with Gasteiger partial charge in [-0.15, -0.1) is 0 Å². The summed E-state index contributed by atoms with van der Waals surface area (Å²) in [6, 6.07) is 0. The van der Waals surface area contributed by atoms with E-state index in [9.17, 15) is 0 Å². The summed E-state index contributed by atoms with van der Waals surface area (Å²) in [4.78, 5) is 2.25. The maximum atomic E-state index is 5.10. The first kappa shape index (κ1) is 30.1. The van der Waals surface area contributed by atoms with Gasteiger partial charge in [0.05, 0.1) is 6.73 Å². The molecule has 2 nitrogen and oxygen atoms in total. The van der Waals surface area contributed by atoms with Gasteiger partial charge in [-0.05, 0) is 20.0 Å². The summed E-state index contributed by atoms with van der Waals surface area (Å²) in [6.45, 7) is 8.22. The second-order valence-corrected chi connectivity index (χ2v) is 8.36. The van der Waals surface area contributed by atoms with Gasteiger partial charge in [-0.3, -0.25) is 4.90 Å². The molecule has 1 saturated carbocycles. The van der Waals surface area contributed by atoms with Crippen molar-refractivity contribution in [3.63, 3.8) is 0 Å². The fourth-order valence-corrected chi connectivity index (χ4v) is 3.75. The summed E-state index contributed by atoms with van der Waals surface area (Å²) in [5, 5.41) is 0. The van der Waals surface area contributed by atoms with Gasteiger partial charge < -0.3 is 4.74 Å². The lowest BCUT2D eigenvalue weighted by Gasteiger charge is -2.14. The Hall–Kier alpha value is -0.0800. The van der Waals surface area contributed by atoms with Crippen molar-refractivity contribution >= 4 is 0 Å². The molecule has 0 saturated heterocycles. The van der Waals surface area contributed by atoms with Gasteiger partial charge in [-0.1, -0.05) is 136 Å². The second-order valence-electron chi connectivity index (χ2n) is 8.36. The molecular weight excluding hydrogens is 342 g/mol. The van der Waals surface area contributed by atoms with Crippen LogP contribution in [0.3, 0.4) is 0 Å². The normalized spacial score (nSPS) is 13.1. The van der Waals surface area contributed by atoms with Crippen molar-refractivity contribution in [2.45, 2.75) is 143 Å². The average molecular weight is 400 g/mol. The Morgan fingerprint density at radius 3 is 1.21 bits per heavy atom. The lowest BCUT2D eigenvalue weighted by Crippen LogP contribution is -2.21. The van der Waals surface area contributed by atoms with E-state index in [1.54, 1.807) is 7.11 Å². The molecular formula is C26H57NO. The van der Waals surface area contributed by atoms with Crippen LogP contribution >= 0.6 is 0 Å². The fraction of sp³-hybridized carbons (Fsp3) is 1.00. The van der Waals surface area contributed by atoms with Gasteiger partial charge in [0.1, 0.15) is 0 Å². The number of rotatable bonds is 17. The van der Waals surface area contributed by atoms with E-state index in [1.807, 2.05) is 13.8 Å². The van der Waals surface area contributed by atoms with Crippen molar-refractivity contribution in [2.24, 2.45) is 0 Å². The van der Waals surface area contributed by atoms with Crippen LogP contribution in [0.2, 0.25) is 0 Å². The third kappa shape index (κ3) is 28.1. The summed E-state index contributed by atoms with van der Waals surface area (Å²) in [5.41, 5.74) is 0. The summed E-state index contributed by atoms with van der Waals surface area (Å²) < 4.78 is 5.10. The van der Waals surface area contributed by atoms with E-state index >= 15 is 0 Å². The highest BCUT2D eigenvalue weighted by atomic mass is 16.5. The second kappa shape index (κ2) is 29.1. The Morgan fingerprint density at radius 1 is 0.571 bits per heavy atom. The van der Waals surface area contributed by atoms with E-state index in [-0.39, 0.29) is 0 Å². The van der Waals surface area contributed by atoms with E-state index in [0.29, 0.717) is 0 Å². The molecule has 0 aromatic carbocycles. The van der Waals surface area contributed by atoms with Gasteiger partial charge in [-0.25, -0.2) is 0 Å². The predicted octanol–water partition coefficient (Wildman–Crippen LogP) is 8.98. The molecule has 0 aromatic heterocycles. The first-order valence-electron chi connectivity index (χ1n) is 13.0. The van der Waals surface area contributed by atoms with Crippen LogP contribution in [0.25, 0.3) is 0 Å². The van der Waals surface area contributed by atoms with Crippen LogP contribution < -0.4 is 0 Å². The van der Waals surface area contributed by atoms with Crippen molar-refractivity contribution in [1.82, 2.24) is 4.90 Å². The molecule has 0 aliphatic heterocycles. The summed E-state index contributed by atoms with van der Waals surface area (Å²) in [7, 11) is 3.90. The number of hydrogen-bond donors (Lipinski definition) is 0. The van der Waals surface area contributed by atoms with Crippen LogP contribution in [0.15, 0.2) is 0 Å². The van der Waals surface area contributed by atoms with Crippen LogP contribution in [-0.2, 0) is 4.74 Å². The topological polar surface area (TPSA) is 12.5 Å². The molecule has 28 heavy (non-hydrogen) atoms. The highest BCUT2D eigenvalue weighted by Gasteiger charge is 1.97. The Kier molecular flexibility index (Phi) is 31.3. The van der Waals surface area contributed by atoms with Crippen molar-refractivity contribution in [3.8, 4) is 0 Å². The zero-order chi connectivity index (χ0) is 21.1. The van der Waals surface area contributed by atoms with Gasteiger partial charge in [0, 0.05) is 7.11 Å². The third-order valence-electron chi connectivity index (χ3n) is 5.49. The van der Waals surface area contributed by atoms with Crippen molar-refractivity contribution in [1.29, 1.82) is 0 Å². The third-order valence-corrected chi connectivity index (χ3v) is 5.49. The Balaban J connectivity index is 0. The van der Waals surface area contributed by atoms with E-state index in [2.05, 4.69) is 18.9 Å². The maximum absolute atomic E-state index is 5.10. The first-order chi connectivity index (χ1) is 13.8. The van der Waals surface area contributed by atoms with Crippen LogP contribution in [0.1, 0.15) is 143 Å². The molecule has 172 valence electrons. The minimum Gasteiger partial charge on any atom is -0.369 e. The van der Waals surface area contributed by atoms with Crippen LogP contribution in [0.5, 0.6) is 0 Å². The highest BCUT2D eigenvalue weighted by molar-refractivity contribution is 4.52. The number of methoxy groups -OCH3 is 1. The van der Waals surface area contributed by atoms with E-state index in [1.165, 1.54) is 129 Å². The zero-order valence-electron chi connectivity index (χ0n) is 20.7. The van der Waals surface area contributed by atoms with E-state index in [0.717, 1.165) is 6.73 Å². The van der Waals surface area contributed by atoms with Gasteiger partial charge >= 0.3 is 0 Å². The Morgan fingerprint density at radius 2 is 0.893 bits per heavy atom. The molecule has 0 atom stereocenters. The van der Waals surface area contributed by atoms with Gasteiger partial charge in [0.15, 0.2) is 0 Å².